The Morgan fingerprint density at radius 1 is 0.967 bits per heavy atom. The number of nitrogens with zero attached hydrogens (tertiary/aromatic N) is 3. The van der Waals surface area contributed by atoms with Crippen molar-refractivity contribution in [2.45, 2.75) is 25.7 Å². The Morgan fingerprint density at radius 3 is 2.23 bits per heavy atom. The zero-order valence-electron chi connectivity index (χ0n) is 17.4. The molecule has 4 rings (SSSR count). The highest BCUT2D eigenvalue weighted by Crippen LogP contribution is 2.33. The van der Waals surface area contributed by atoms with Gasteiger partial charge < -0.3 is 9.80 Å². The fourth-order valence-corrected chi connectivity index (χ4v) is 6.00. The van der Waals surface area contributed by atoms with Crippen LogP contribution in [0.2, 0.25) is 0 Å². The van der Waals surface area contributed by atoms with Gasteiger partial charge >= 0.3 is 0 Å². The average molecular weight is 444 g/mol. The Hall–Kier alpha value is -2.45. The first-order chi connectivity index (χ1) is 14.2. The highest BCUT2D eigenvalue weighted by molar-refractivity contribution is 7.92. The summed E-state index contributed by atoms with van der Waals surface area (Å²) in [6.45, 7) is 8.34. The van der Waals surface area contributed by atoms with Gasteiger partial charge in [0.05, 0.1) is 15.1 Å². The molecule has 0 bridgehead atoms. The van der Waals surface area contributed by atoms with Crippen LogP contribution in [0.1, 0.15) is 16.7 Å². The number of piperazine rings is 1. The van der Waals surface area contributed by atoms with Crippen molar-refractivity contribution >= 4 is 42.4 Å². The van der Waals surface area contributed by atoms with Gasteiger partial charge in [0.1, 0.15) is 5.75 Å². The van der Waals surface area contributed by atoms with Crippen molar-refractivity contribution in [2.75, 3.05) is 36.8 Å². The van der Waals surface area contributed by atoms with E-state index in [0.717, 1.165) is 21.8 Å². The van der Waals surface area contributed by atoms with E-state index in [2.05, 4.69) is 30.9 Å². The number of anilines is 1. The molecule has 1 aromatic heterocycles. The number of hydrogen-bond acceptors (Lipinski definition) is 6. The van der Waals surface area contributed by atoms with Crippen molar-refractivity contribution in [3.63, 3.8) is 0 Å². The summed E-state index contributed by atoms with van der Waals surface area (Å²) >= 11 is 1.68. The summed E-state index contributed by atoms with van der Waals surface area (Å²) in [6, 6.07) is 10.8. The van der Waals surface area contributed by atoms with Crippen molar-refractivity contribution in [3.8, 4) is 0 Å². The van der Waals surface area contributed by atoms with Crippen LogP contribution in [0.5, 0.6) is 0 Å². The molecule has 158 valence electrons. The Bertz CT molecular complexity index is 1150. The predicted molar refractivity (Wildman–Crippen MR) is 121 cm³/mol. The predicted octanol–water partition coefficient (Wildman–Crippen LogP) is 3.34. The lowest BCUT2D eigenvalue weighted by Gasteiger charge is -2.34. The first kappa shape index (κ1) is 20.8. The molecule has 1 aliphatic rings. The standard InChI is InChI=1S/C22H25N3O3S2/c1-15-4-8-18(9-5-15)30(27,28)14-19(26)24-10-12-25(13-11-24)22-23-20-16(2)6-7-17(3)21(20)29-22/h4-9H,10-14H2,1-3H3. The summed E-state index contributed by atoms with van der Waals surface area (Å²) in [7, 11) is -3.63. The van der Waals surface area contributed by atoms with E-state index in [1.165, 1.54) is 10.3 Å². The smallest absolute Gasteiger partial charge is 0.238 e. The monoisotopic (exact) mass is 443 g/mol. The van der Waals surface area contributed by atoms with E-state index < -0.39 is 15.6 Å². The maximum Gasteiger partial charge on any atom is 0.238 e. The summed E-state index contributed by atoms with van der Waals surface area (Å²) in [4.78, 5) is 21.5. The summed E-state index contributed by atoms with van der Waals surface area (Å²) in [6.07, 6.45) is 0. The van der Waals surface area contributed by atoms with Gasteiger partial charge in [0.25, 0.3) is 0 Å². The summed E-state index contributed by atoms with van der Waals surface area (Å²) in [5, 5.41) is 0.960. The summed E-state index contributed by atoms with van der Waals surface area (Å²) in [5.41, 5.74) is 4.40. The van der Waals surface area contributed by atoms with E-state index in [1.807, 2.05) is 6.92 Å². The van der Waals surface area contributed by atoms with Crippen LogP contribution in [-0.2, 0) is 14.6 Å². The Morgan fingerprint density at radius 2 is 1.60 bits per heavy atom. The number of thiazole rings is 1. The zero-order chi connectivity index (χ0) is 21.5. The lowest BCUT2D eigenvalue weighted by molar-refractivity contribution is -0.128. The van der Waals surface area contributed by atoms with Crippen molar-refractivity contribution in [1.29, 1.82) is 0 Å². The first-order valence-electron chi connectivity index (χ1n) is 9.93. The molecule has 1 aliphatic heterocycles. The molecule has 2 aromatic carbocycles. The van der Waals surface area contributed by atoms with Crippen LogP contribution in [0.15, 0.2) is 41.3 Å². The molecule has 1 saturated heterocycles. The molecular formula is C22H25N3O3S2. The molecular weight excluding hydrogens is 418 g/mol. The minimum atomic E-state index is -3.63. The largest absolute Gasteiger partial charge is 0.345 e. The maximum atomic E-state index is 12.6. The molecule has 3 aromatic rings. The van der Waals surface area contributed by atoms with E-state index in [0.29, 0.717) is 26.2 Å². The molecule has 0 radical (unpaired) electrons. The molecule has 1 amide bonds. The molecule has 6 nitrogen and oxygen atoms in total. The number of fused-ring (bicyclic) bond motifs is 1. The van der Waals surface area contributed by atoms with Crippen LogP contribution in [-0.4, -0.2) is 56.1 Å². The SMILES string of the molecule is Cc1ccc(S(=O)(=O)CC(=O)N2CCN(c3nc4c(C)ccc(C)c4s3)CC2)cc1. The molecule has 0 aliphatic carbocycles. The van der Waals surface area contributed by atoms with E-state index in [9.17, 15) is 13.2 Å². The van der Waals surface area contributed by atoms with Crippen LogP contribution in [0.3, 0.4) is 0 Å². The minimum Gasteiger partial charge on any atom is -0.345 e. The molecule has 2 heterocycles. The number of carbonyl (C=O) groups excluding carboxylic acids is 1. The second-order valence-electron chi connectivity index (χ2n) is 7.81. The quantitative estimate of drug-likeness (QED) is 0.619. The van der Waals surface area contributed by atoms with Gasteiger partial charge in [0, 0.05) is 26.2 Å². The number of rotatable bonds is 4. The zero-order valence-corrected chi connectivity index (χ0v) is 19.0. The minimum absolute atomic E-state index is 0.195. The number of carbonyl (C=O) groups is 1. The maximum absolute atomic E-state index is 12.6. The van der Waals surface area contributed by atoms with Gasteiger partial charge in [-0.2, -0.15) is 0 Å². The van der Waals surface area contributed by atoms with E-state index in [1.54, 1.807) is 40.5 Å². The van der Waals surface area contributed by atoms with E-state index in [4.69, 9.17) is 4.98 Å². The van der Waals surface area contributed by atoms with Gasteiger partial charge in [-0.05, 0) is 44.0 Å². The summed E-state index contributed by atoms with van der Waals surface area (Å²) < 4.78 is 26.4. The molecule has 30 heavy (non-hydrogen) atoms. The molecule has 1 fully saturated rings. The number of aryl methyl sites for hydroxylation is 3. The molecule has 0 spiro atoms. The van der Waals surface area contributed by atoms with Gasteiger partial charge in [-0.1, -0.05) is 41.2 Å². The number of aromatic nitrogens is 1. The van der Waals surface area contributed by atoms with Crippen LogP contribution in [0, 0.1) is 20.8 Å². The van der Waals surface area contributed by atoms with Crippen molar-refractivity contribution in [3.05, 3.63) is 53.1 Å². The van der Waals surface area contributed by atoms with Crippen molar-refractivity contribution in [2.24, 2.45) is 0 Å². The molecule has 0 saturated carbocycles. The lowest BCUT2D eigenvalue weighted by Crippen LogP contribution is -2.50. The topological polar surface area (TPSA) is 70.6 Å². The highest BCUT2D eigenvalue weighted by Gasteiger charge is 2.27. The fourth-order valence-electron chi connectivity index (χ4n) is 3.61. The third-order valence-electron chi connectivity index (χ3n) is 5.53. The van der Waals surface area contributed by atoms with Gasteiger partial charge in [-0.25, -0.2) is 13.4 Å². The number of amides is 1. The average Bonchev–Trinajstić information content (AvgIpc) is 3.18. The van der Waals surface area contributed by atoms with Crippen molar-refractivity contribution in [1.82, 2.24) is 9.88 Å². The second-order valence-corrected chi connectivity index (χ2v) is 10.8. The normalized spacial score (nSPS) is 15.0. The lowest BCUT2D eigenvalue weighted by atomic mass is 10.1. The Kier molecular flexibility index (Phi) is 5.55. The van der Waals surface area contributed by atoms with Gasteiger partial charge in [0.2, 0.25) is 5.91 Å². The van der Waals surface area contributed by atoms with Crippen molar-refractivity contribution < 1.29 is 13.2 Å². The third-order valence-corrected chi connectivity index (χ3v) is 8.40. The van der Waals surface area contributed by atoms with Crippen LogP contribution >= 0.6 is 11.3 Å². The van der Waals surface area contributed by atoms with Gasteiger partial charge in [-0.15, -0.1) is 0 Å². The fraction of sp³-hybridized carbons (Fsp3) is 0.364. The first-order valence-corrected chi connectivity index (χ1v) is 12.4. The van der Waals surface area contributed by atoms with Crippen LogP contribution < -0.4 is 4.90 Å². The third kappa shape index (κ3) is 4.06. The van der Waals surface area contributed by atoms with E-state index >= 15 is 0 Å². The number of sulfone groups is 1. The Balaban J connectivity index is 1.42. The Labute approximate surface area is 181 Å². The molecule has 0 atom stereocenters. The number of hydrogen-bond donors (Lipinski definition) is 0. The number of benzene rings is 2. The molecule has 0 unspecified atom stereocenters. The van der Waals surface area contributed by atoms with E-state index in [-0.39, 0.29) is 10.8 Å². The van der Waals surface area contributed by atoms with Gasteiger partial charge in [0.15, 0.2) is 15.0 Å². The molecule has 0 N–H and O–H groups in total. The van der Waals surface area contributed by atoms with Crippen LogP contribution in [0.25, 0.3) is 10.2 Å². The van der Waals surface area contributed by atoms with Gasteiger partial charge in [-0.3, -0.25) is 4.79 Å². The second kappa shape index (κ2) is 8.00. The van der Waals surface area contributed by atoms with Crippen LogP contribution in [0.4, 0.5) is 5.13 Å². The molecule has 8 heteroatoms. The summed E-state index contributed by atoms with van der Waals surface area (Å²) in [5.74, 6) is -0.832. The highest BCUT2D eigenvalue weighted by atomic mass is 32.2.